The van der Waals surface area contributed by atoms with Gasteiger partial charge in [0.05, 0.1) is 24.9 Å². The first-order valence-electron chi connectivity index (χ1n) is 9.75. The largest absolute Gasteiger partial charge is 0.497 e. The first-order chi connectivity index (χ1) is 14.6. The maximum absolute atomic E-state index is 12.8. The third-order valence-electron chi connectivity index (χ3n) is 4.61. The molecule has 30 heavy (non-hydrogen) atoms. The quantitative estimate of drug-likeness (QED) is 0.584. The molecule has 0 fully saturated rings. The average molecular weight is 403 g/mol. The van der Waals surface area contributed by atoms with Gasteiger partial charge >= 0.3 is 0 Å². The second kappa shape index (κ2) is 10.1. The summed E-state index contributed by atoms with van der Waals surface area (Å²) in [6.07, 6.45) is 0. The smallest absolute Gasteiger partial charge is 0.257 e. The van der Waals surface area contributed by atoms with Crippen LogP contribution in [0.3, 0.4) is 0 Å². The van der Waals surface area contributed by atoms with Crippen molar-refractivity contribution in [3.8, 4) is 5.75 Å². The minimum Gasteiger partial charge on any atom is -0.497 e. The first kappa shape index (κ1) is 20.9. The predicted molar refractivity (Wildman–Crippen MR) is 120 cm³/mol. The number of carbonyl (C=O) groups is 2. The van der Waals surface area contributed by atoms with Crippen molar-refractivity contribution >= 4 is 28.9 Å². The Morgan fingerprint density at radius 1 is 0.900 bits per heavy atom. The van der Waals surface area contributed by atoms with Crippen molar-refractivity contribution in [1.29, 1.82) is 0 Å². The Labute approximate surface area is 176 Å². The van der Waals surface area contributed by atoms with Gasteiger partial charge in [-0.3, -0.25) is 9.59 Å². The second-order valence-electron chi connectivity index (χ2n) is 6.63. The first-order valence-corrected chi connectivity index (χ1v) is 9.75. The molecular formula is C24H25N3O3. The van der Waals surface area contributed by atoms with E-state index in [9.17, 15) is 9.59 Å². The van der Waals surface area contributed by atoms with Crippen molar-refractivity contribution in [1.82, 2.24) is 0 Å². The van der Waals surface area contributed by atoms with E-state index in [4.69, 9.17) is 4.74 Å². The van der Waals surface area contributed by atoms with Gasteiger partial charge in [-0.25, -0.2) is 0 Å². The van der Waals surface area contributed by atoms with Crippen LogP contribution in [0.15, 0.2) is 78.9 Å². The molecule has 6 nitrogen and oxygen atoms in total. The van der Waals surface area contributed by atoms with E-state index in [-0.39, 0.29) is 18.4 Å². The number of likely N-dealkylation sites (N-methyl/N-ethyl adjacent to an activating group) is 1. The normalized spacial score (nSPS) is 10.2. The van der Waals surface area contributed by atoms with Gasteiger partial charge in [0.15, 0.2) is 0 Å². The summed E-state index contributed by atoms with van der Waals surface area (Å²) in [6, 6.07) is 23.8. The van der Waals surface area contributed by atoms with Crippen molar-refractivity contribution in [2.45, 2.75) is 6.92 Å². The number of ether oxygens (including phenoxy) is 1. The Hall–Kier alpha value is -3.80. The van der Waals surface area contributed by atoms with Crippen molar-refractivity contribution in [3.63, 3.8) is 0 Å². The van der Waals surface area contributed by atoms with E-state index in [0.29, 0.717) is 29.2 Å². The number of hydrogen-bond donors (Lipinski definition) is 2. The minimum atomic E-state index is -0.311. The molecule has 6 heteroatoms. The fraction of sp³-hybridized carbons (Fsp3) is 0.167. The summed E-state index contributed by atoms with van der Waals surface area (Å²) < 4.78 is 5.19. The Kier molecular flexibility index (Phi) is 7.05. The molecule has 0 unspecified atom stereocenters. The zero-order valence-corrected chi connectivity index (χ0v) is 17.1. The summed E-state index contributed by atoms with van der Waals surface area (Å²) in [5.41, 5.74) is 2.43. The van der Waals surface area contributed by atoms with Gasteiger partial charge in [0.25, 0.3) is 5.91 Å². The summed E-state index contributed by atoms with van der Waals surface area (Å²) in [5, 5.41) is 5.71. The second-order valence-corrected chi connectivity index (χ2v) is 6.63. The lowest BCUT2D eigenvalue weighted by atomic mass is 10.1. The van der Waals surface area contributed by atoms with Gasteiger partial charge in [0, 0.05) is 24.0 Å². The molecule has 0 bridgehead atoms. The van der Waals surface area contributed by atoms with Gasteiger partial charge in [-0.05, 0) is 43.3 Å². The fourth-order valence-corrected chi connectivity index (χ4v) is 3.08. The highest BCUT2D eigenvalue weighted by molar-refractivity contribution is 6.10. The molecule has 0 aromatic heterocycles. The van der Waals surface area contributed by atoms with Crippen LogP contribution in [0, 0.1) is 0 Å². The van der Waals surface area contributed by atoms with Crippen LogP contribution in [0.4, 0.5) is 17.1 Å². The number of benzene rings is 3. The van der Waals surface area contributed by atoms with Gasteiger partial charge in [0.2, 0.25) is 5.91 Å². The number of methoxy groups -OCH3 is 1. The zero-order chi connectivity index (χ0) is 21.3. The van der Waals surface area contributed by atoms with E-state index in [1.54, 1.807) is 55.6 Å². The lowest BCUT2D eigenvalue weighted by molar-refractivity contribution is -0.115. The molecule has 0 aliphatic heterocycles. The van der Waals surface area contributed by atoms with Crippen LogP contribution in [0.5, 0.6) is 5.75 Å². The Bertz CT molecular complexity index is 1010. The van der Waals surface area contributed by atoms with E-state index in [2.05, 4.69) is 10.6 Å². The fourth-order valence-electron chi connectivity index (χ4n) is 3.08. The van der Waals surface area contributed by atoms with E-state index < -0.39 is 0 Å². The monoisotopic (exact) mass is 403 g/mol. The van der Waals surface area contributed by atoms with Gasteiger partial charge in [-0.1, -0.05) is 36.4 Å². The summed E-state index contributed by atoms with van der Waals surface area (Å²) in [6.45, 7) is 2.87. The highest BCUT2D eigenvalue weighted by Gasteiger charge is 2.15. The third-order valence-corrected chi connectivity index (χ3v) is 4.61. The summed E-state index contributed by atoms with van der Waals surface area (Å²) in [7, 11) is 1.57. The Morgan fingerprint density at radius 3 is 2.37 bits per heavy atom. The van der Waals surface area contributed by atoms with Crippen LogP contribution in [0.25, 0.3) is 0 Å². The molecule has 3 aromatic rings. The van der Waals surface area contributed by atoms with Crippen molar-refractivity contribution in [2.24, 2.45) is 0 Å². The number of rotatable bonds is 8. The van der Waals surface area contributed by atoms with Crippen LogP contribution in [0.1, 0.15) is 17.3 Å². The number of carbonyl (C=O) groups excluding carboxylic acids is 2. The summed E-state index contributed by atoms with van der Waals surface area (Å²) in [5.74, 6) is 0.145. The number of nitrogens with one attached hydrogen (secondary N) is 2. The molecular weight excluding hydrogens is 378 g/mol. The van der Waals surface area contributed by atoms with E-state index in [0.717, 1.165) is 5.69 Å². The highest BCUT2D eigenvalue weighted by Crippen LogP contribution is 2.21. The maximum atomic E-state index is 12.8. The molecule has 0 saturated carbocycles. The van der Waals surface area contributed by atoms with Crippen LogP contribution >= 0.6 is 0 Å². The molecule has 0 aliphatic carbocycles. The Morgan fingerprint density at radius 2 is 1.63 bits per heavy atom. The molecule has 2 N–H and O–H groups in total. The molecule has 3 rings (SSSR count). The Balaban J connectivity index is 1.71. The van der Waals surface area contributed by atoms with Gasteiger partial charge < -0.3 is 20.3 Å². The van der Waals surface area contributed by atoms with Crippen LogP contribution < -0.4 is 20.3 Å². The van der Waals surface area contributed by atoms with Crippen molar-refractivity contribution in [3.05, 3.63) is 84.4 Å². The van der Waals surface area contributed by atoms with Crippen molar-refractivity contribution < 1.29 is 14.3 Å². The van der Waals surface area contributed by atoms with Crippen LogP contribution in [-0.4, -0.2) is 32.0 Å². The maximum Gasteiger partial charge on any atom is 0.257 e. The lowest BCUT2D eigenvalue weighted by Crippen LogP contribution is -2.33. The molecule has 154 valence electrons. The zero-order valence-electron chi connectivity index (χ0n) is 17.1. The number of hydrogen-bond acceptors (Lipinski definition) is 4. The number of para-hydroxylation sites is 2. The SMILES string of the molecule is CCN(CC(=O)Nc1ccccc1C(=O)Nc1cccc(OC)c1)c1ccccc1. The molecule has 0 atom stereocenters. The molecule has 0 spiro atoms. The number of nitrogens with zero attached hydrogens (tertiary/aromatic N) is 1. The molecule has 0 saturated heterocycles. The van der Waals surface area contributed by atoms with Crippen LogP contribution in [0.2, 0.25) is 0 Å². The molecule has 3 aromatic carbocycles. The van der Waals surface area contributed by atoms with Crippen molar-refractivity contribution in [2.75, 3.05) is 35.7 Å². The minimum absolute atomic E-state index is 0.187. The molecule has 0 radical (unpaired) electrons. The van der Waals surface area contributed by atoms with E-state index >= 15 is 0 Å². The summed E-state index contributed by atoms with van der Waals surface area (Å²) >= 11 is 0. The standard InChI is InChI=1S/C24H25N3O3/c1-3-27(19-11-5-4-6-12-19)17-23(28)26-22-15-8-7-14-21(22)24(29)25-18-10-9-13-20(16-18)30-2/h4-16H,3,17H2,1-2H3,(H,25,29)(H,26,28). The third kappa shape index (κ3) is 5.38. The molecule has 0 aliphatic rings. The molecule has 0 heterocycles. The highest BCUT2D eigenvalue weighted by atomic mass is 16.5. The van der Waals surface area contributed by atoms with Gasteiger partial charge in [-0.15, -0.1) is 0 Å². The van der Waals surface area contributed by atoms with Gasteiger partial charge in [-0.2, -0.15) is 0 Å². The van der Waals surface area contributed by atoms with E-state index in [1.165, 1.54) is 0 Å². The van der Waals surface area contributed by atoms with Crippen LogP contribution in [-0.2, 0) is 4.79 Å². The average Bonchev–Trinajstić information content (AvgIpc) is 2.78. The molecule has 2 amide bonds. The van der Waals surface area contributed by atoms with Gasteiger partial charge in [0.1, 0.15) is 5.75 Å². The number of anilines is 3. The number of amides is 2. The lowest BCUT2D eigenvalue weighted by Gasteiger charge is -2.22. The predicted octanol–water partition coefficient (Wildman–Crippen LogP) is 4.41. The topological polar surface area (TPSA) is 70.7 Å². The van der Waals surface area contributed by atoms with E-state index in [1.807, 2.05) is 42.2 Å². The summed E-state index contributed by atoms with van der Waals surface area (Å²) in [4.78, 5) is 27.4.